The molecule has 0 fully saturated rings. The van der Waals surface area contributed by atoms with Crippen LogP contribution in [-0.2, 0) is 22.3 Å². The highest BCUT2D eigenvalue weighted by molar-refractivity contribution is 6.38. The monoisotopic (exact) mass is 546 g/mol. The van der Waals surface area contributed by atoms with Gasteiger partial charge < -0.3 is 36.3 Å². The van der Waals surface area contributed by atoms with Crippen molar-refractivity contribution in [3.63, 3.8) is 0 Å². The first-order valence-electron chi connectivity index (χ1n) is 12.3. The topological polar surface area (TPSA) is 217 Å². The van der Waals surface area contributed by atoms with Gasteiger partial charge in [0.2, 0.25) is 23.1 Å². The number of nitrogens with two attached hydrogens (primary N) is 2. The SMILES string of the molecule is CC1Cc2cc3c(c(O)c2C(=O)O1)C(=O)C(C1=C(N)C(=O)c2cc4c(c(O)c2C1=O)C(O)OC(C)C4)=C(N)C3=O. The highest BCUT2D eigenvalue weighted by atomic mass is 16.6. The van der Waals surface area contributed by atoms with Gasteiger partial charge in [-0.05, 0) is 43.5 Å². The van der Waals surface area contributed by atoms with E-state index in [0.29, 0.717) is 5.56 Å². The quantitative estimate of drug-likeness (QED) is 0.317. The van der Waals surface area contributed by atoms with Crippen LogP contribution in [0.4, 0.5) is 0 Å². The molecule has 3 unspecified atom stereocenters. The van der Waals surface area contributed by atoms with E-state index < -0.39 is 92.8 Å². The van der Waals surface area contributed by atoms with Crippen LogP contribution in [0.5, 0.6) is 11.5 Å². The van der Waals surface area contributed by atoms with Crippen molar-refractivity contribution in [2.45, 2.75) is 45.2 Å². The van der Waals surface area contributed by atoms with Gasteiger partial charge in [0.25, 0.3) is 0 Å². The Kier molecular flexibility index (Phi) is 5.31. The molecular formula is C28H22N2O10. The zero-order valence-corrected chi connectivity index (χ0v) is 21.2. The maximum absolute atomic E-state index is 13.8. The minimum atomic E-state index is -1.60. The largest absolute Gasteiger partial charge is 0.507 e. The Morgan fingerprint density at radius 2 is 1.23 bits per heavy atom. The first-order valence-corrected chi connectivity index (χ1v) is 12.3. The number of hydrogen-bond donors (Lipinski definition) is 5. The van der Waals surface area contributed by atoms with Crippen LogP contribution in [0.1, 0.15) is 88.6 Å². The first-order chi connectivity index (χ1) is 18.8. The van der Waals surface area contributed by atoms with Crippen LogP contribution in [-0.4, -0.2) is 56.6 Å². The number of hydrogen-bond acceptors (Lipinski definition) is 12. The molecule has 6 rings (SSSR count). The van der Waals surface area contributed by atoms with E-state index in [1.807, 2.05) is 0 Å². The molecule has 0 saturated carbocycles. The molecule has 4 aliphatic rings. The summed E-state index contributed by atoms with van der Waals surface area (Å²) in [6.07, 6.45) is -2.21. The van der Waals surface area contributed by atoms with Crippen molar-refractivity contribution >= 4 is 29.1 Å². The van der Waals surface area contributed by atoms with Crippen LogP contribution in [0.3, 0.4) is 0 Å². The van der Waals surface area contributed by atoms with Crippen LogP contribution in [0.25, 0.3) is 0 Å². The van der Waals surface area contributed by atoms with Crippen molar-refractivity contribution in [2.75, 3.05) is 0 Å². The summed E-state index contributed by atoms with van der Waals surface area (Å²) in [7, 11) is 0. The van der Waals surface area contributed by atoms with Gasteiger partial charge in [0, 0.05) is 17.5 Å². The number of carbonyl (C=O) groups excluding carboxylic acids is 5. The second-order valence-corrected chi connectivity index (χ2v) is 10.2. The van der Waals surface area contributed by atoms with Crippen molar-refractivity contribution < 1.29 is 48.8 Å². The van der Waals surface area contributed by atoms with E-state index in [4.69, 9.17) is 20.9 Å². The average molecular weight is 546 g/mol. The zero-order valence-electron chi connectivity index (χ0n) is 21.2. The van der Waals surface area contributed by atoms with Crippen LogP contribution < -0.4 is 11.5 Å². The summed E-state index contributed by atoms with van der Waals surface area (Å²) < 4.78 is 10.5. The number of phenols is 2. The normalized spacial score (nSPS) is 24.0. The number of rotatable bonds is 1. The molecule has 2 heterocycles. The number of fused-ring (bicyclic) bond motifs is 4. The fraction of sp³-hybridized carbons (Fsp3) is 0.250. The zero-order chi connectivity index (χ0) is 28.9. The van der Waals surface area contributed by atoms with Gasteiger partial charge in [-0.1, -0.05) is 0 Å². The minimum absolute atomic E-state index is 0.117. The number of ketones is 4. The molecule has 0 spiro atoms. The highest BCUT2D eigenvalue weighted by Gasteiger charge is 2.45. The Bertz CT molecular complexity index is 1730. The molecule has 0 aromatic heterocycles. The Morgan fingerprint density at radius 3 is 1.80 bits per heavy atom. The molecule has 2 aromatic carbocycles. The Morgan fingerprint density at radius 1 is 0.725 bits per heavy atom. The number of Topliss-reactive ketones (excluding diaryl/α,β-unsaturated/α-hetero) is 4. The number of aliphatic hydroxyl groups excluding tert-OH is 1. The van der Waals surface area contributed by atoms with Crippen LogP contribution in [0.15, 0.2) is 34.7 Å². The van der Waals surface area contributed by atoms with Crippen molar-refractivity contribution in [3.05, 3.63) is 79.2 Å². The van der Waals surface area contributed by atoms with Gasteiger partial charge in [-0.2, -0.15) is 0 Å². The number of allylic oxidation sites excluding steroid dienone is 4. The van der Waals surface area contributed by atoms with E-state index in [-0.39, 0.29) is 40.7 Å². The Labute approximate surface area is 225 Å². The smallest absolute Gasteiger partial charge is 0.342 e. The first kappa shape index (κ1) is 25.5. The third-order valence-corrected chi connectivity index (χ3v) is 7.62. The molecule has 0 amide bonds. The fourth-order valence-electron chi connectivity index (χ4n) is 5.86. The number of benzene rings is 2. The number of phenolic OH excluding ortho intramolecular Hbond substituents is 2. The third-order valence-electron chi connectivity index (χ3n) is 7.62. The lowest BCUT2D eigenvalue weighted by Gasteiger charge is -2.31. The lowest BCUT2D eigenvalue weighted by molar-refractivity contribution is -0.144. The Hall–Kier alpha value is -4.81. The molecule has 2 aliphatic heterocycles. The molecule has 0 bridgehead atoms. The number of aromatic hydroxyl groups is 2. The summed E-state index contributed by atoms with van der Waals surface area (Å²) >= 11 is 0. The minimum Gasteiger partial charge on any atom is -0.507 e. The van der Waals surface area contributed by atoms with Gasteiger partial charge in [0.15, 0.2) is 6.29 Å². The van der Waals surface area contributed by atoms with E-state index in [0.717, 1.165) is 0 Å². The van der Waals surface area contributed by atoms with Crippen LogP contribution in [0.2, 0.25) is 0 Å². The molecule has 3 atom stereocenters. The molecule has 0 saturated heterocycles. The number of ether oxygens (including phenoxy) is 2. The van der Waals surface area contributed by atoms with Gasteiger partial charge in [0.1, 0.15) is 23.2 Å². The third kappa shape index (κ3) is 3.23. The standard InChI is InChI=1S/C28H22N2O10/c1-7-3-9-5-11-15(23(33)13(9)27(37)39-7)25(35)17(19(29)21(11)31)18-20(30)22(32)12-6-10-4-8(2)40-28(38)14(10)24(34)16(12)26(18)36/h5-8,27,33-34,37H,3-4,29-30H2,1-2H3. The summed E-state index contributed by atoms with van der Waals surface area (Å²) in [4.78, 5) is 66.9. The average Bonchev–Trinajstić information content (AvgIpc) is 2.86. The molecule has 40 heavy (non-hydrogen) atoms. The van der Waals surface area contributed by atoms with E-state index in [1.165, 1.54) is 12.1 Å². The Balaban J connectivity index is 1.55. The van der Waals surface area contributed by atoms with E-state index in [1.54, 1.807) is 13.8 Å². The molecular weight excluding hydrogens is 524 g/mol. The number of aliphatic hydroxyl groups is 1. The van der Waals surface area contributed by atoms with Gasteiger partial charge in [-0.3, -0.25) is 19.2 Å². The predicted molar refractivity (Wildman–Crippen MR) is 134 cm³/mol. The maximum atomic E-state index is 13.8. The summed E-state index contributed by atoms with van der Waals surface area (Å²) in [6, 6.07) is 2.59. The molecule has 2 aromatic rings. The second kappa shape index (κ2) is 8.34. The van der Waals surface area contributed by atoms with Gasteiger partial charge in [-0.15, -0.1) is 0 Å². The summed E-state index contributed by atoms with van der Waals surface area (Å²) in [5, 5.41) is 32.4. The van der Waals surface area contributed by atoms with Crippen molar-refractivity contribution in [3.8, 4) is 11.5 Å². The summed E-state index contributed by atoms with van der Waals surface area (Å²) in [6.45, 7) is 3.29. The van der Waals surface area contributed by atoms with Crippen LogP contribution in [0, 0.1) is 0 Å². The van der Waals surface area contributed by atoms with E-state index in [2.05, 4.69) is 0 Å². The molecule has 7 N–H and O–H groups in total. The summed E-state index contributed by atoms with van der Waals surface area (Å²) in [5.41, 5.74) is 7.77. The van der Waals surface area contributed by atoms with Gasteiger partial charge in [-0.25, -0.2) is 4.79 Å². The molecule has 2 aliphatic carbocycles. The van der Waals surface area contributed by atoms with Gasteiger partial charge in [0.05, 0.1) is 45.3 Å². The van der Waals surface area contributed by atoms with Crippen molar-refractivity contribution in [2.24, 2.45) is 11.5 Å². The number of cyclic esters (lactones) is 1. The number of carbonyl (C=O) groups is 5. The van der Waals surface area contributed by atoms with E-state index >= 15 is 0 Å². The van der Waals surface area contributed by atoms with Crippen molar-refractivity contribution in [1.82, 2.24) is 0 Å². The molecule has 204 valence electrons. The predicted octanol–water partition coefficient (Wildman–Crippen LogP) is 1.04. The molecule has 12 heteroatoms. The molecule has 12 nitrogen and oxygen atoms in total. The number of esters is 1. The fourth-order valence-corrected chi connectivity index (χ4v) is 5.86. The second-order valence-electron chi connectivity index (χ2n) is 10.2. The van der Waals surface area contributed by atoms with E-state index in [9.17, 15) is 39.3 Å². The highest BCUT2D eigenvalue weighted by Crippen LogP contribution is 2.45. The molecule has 0 radical (unpaired) electrons. The maximum Gasteiger partial charge on any atom is 0.342 e. The van der Waals surface area contributed by atoms with Crippen molar-refractivity contribution in [1.29, 1.82) is 0 Å². The van der Waals surface area contributed by atoms with Gasteiger partial charge >= 0.3 is 5.97 Å². The van der Waals surface area contributed by atoms with Crippen LogP contribution >= 0.6 is 0 Å². The summed E-state index contributed by atoms with van der Waals surface area (Å²) in [5.74, 6) is -6.56. The lowest BCUT2D eigenvalue weighted by atomic mass is 9.75. The lowest BCUT2D eigenvalue weighted by Crippen LogP contribution is -2.36.